The summed E-state index contributed by atoms with van der Waals surface area (Å²) in [6.45, 7) is 1.85. The normalized spacial score (nSPS) is 11.2. The van der Waals surface area contributed by atoms with Crippen LogP contribution in [0.3, 0.4) is 0 Å². The van der Waals surface area contributed by atoms with E-state index in [1.54, 1.807) is 18.2 Å². The first-order chi connectivity index (χ1) is 9.40. The highest BCUT2D eigenvalue weighted by Crippen LogP contribution is 2.36. The van der Waals surface area contributed by atoms with Gasteiger partial charge in [0.25, 0.3) is 5.69 Å². The zero-order valence-electron chi connectivity index (χ0n) is 10.5. The highest BCUT2D eigenvalue weighted by Gasteiger charge is 2.22. The average Bonchev–Trinajstić information content (AvgIpc) is 2.39. The highest BCUT2D eigenvalue weighted by atomic mass is 33.1. The van der Waals surface area contributed by atoms with Gasteiger partial charge in [0.05, 0.1) is 9.82 Å². The molecule has 0 atom stereocenters. The second-order valence-electron chi connectivity index (χ2n) is 4.08. The SMILES string of the molecule is Cc1ccc(S(=O)(=O)Sc2ccccc2[N+](=O)[O-])cc1. The van der Waals surface area contributed by atoms with E-state index >= 15 is 0 Å². The molecule has 0 N–H and O–H groups in total. The summed E-state index contributed by atoms with van der Waals surface area (Å²) in [5.74, 6) is 0. The number of nitro groups is 1. The predicted octanol–water partition coefficient (Wildman–Crippen LogP) is 3.38. The third-order valence-electron chi connectivity index (χ3n) is 2.57. The first-order valence-corrected chi connectivity index (χ1v) is 8.46. The second-order valence-corrected chi connectivity index (χ2v) is 7.88. The molecule has 104 valence electrons. The molecule has 2 aromatic carbocycles. The number of aryl methyl sites for hydroxylation is 1. The van der Waals surface area contributed by atoms with Crippen LogP contribution in [0.25, 0.3) is 0 Å². The number of benzene rings is 2. The maximum Gasteiger partial charge on any atom is 0.283 e. The number of rotatable bonds is 4. The molecule has 0 fully saturated rings. The lowest BCUT2D eigenvalue weighted by Crippen LogP contribution is -1.97. The fourth-order valence-electron chi connectivity index (χ4n) is 1.55. The van der Waals surface area contributed by atoms with E-state index in [0.29, 0.717) is 10.8 Å². The van der Waals surface area contributed by atoms with Gasteiger partial charge >= 0.3 is 0 Å². The Hall–Kier alpha value is -1.86. The van der Waals surface area contributed by atoms with Gasteiger partial charge in [-0.2, -0.15) is 0 Å². The molecule has 0 saturated heterocycles. The van der Waals surface area contributed by atoms with Crippen molar-refractivity contribution in [3.8, 4) is 0 Å². The standard InChI is InChI=1S/C13H11NO4S2/c1-10-6-8-11(9-7-10)20(17,18)19-13-5-3-2-4-12(13)14(15)16/h2-9H,1H3. The van der Waals surface area contributed by atoms with Gasteiger partial charge in [0.15, 0.2) is 0 Å². The maximum atomic E-state index is 12.2. The van der Waals surface area contributed by atoms with Crippen molar-refractivity contribution in [1.29, 1.82) is 0 Å². The van der Waals surface area contributed by atoms with Gasteiger partial charge in [-0.1, -0.05) is 29.8 Å². The Labute approximate surface area is 120 Å². The van der Waals surface area contributed by atoms with Crippen molar-refractivity contribution in [3.63, 3.8) is 0 Å². The van der Waals surface area contributed by atoms with Crippen LogP contribution >= 0.6 is 10.8 Å². The van der Waals surface area contributed by atoms with Crippen molar-refractivity contribution >= 4 is 25.4 Å². The molecule has 0 bridgehead atoms. The van der Waals surface area contributed by atoms with E-state index in [2.05, 4.69) is 0 Å². The summed E-state index contributed by atoms with van der Waals surface area (Å²) >= 11 is 0. The average molecular weight is 309 g/mol. The molecule has 0 radical (unpaired) electrons. The molecular weight excluding hydrogens is 298 g/mol. The van der Waals surface area contributed by atoms with Gasteiger partial charge in [0.2, 0.25) is 8.87 Å². The van der Waals surface area contributed by atoms with Gasteiger partial charge in [-0.25, -0.2) is 8.42 Å². The number of hydrogen-bond acceptors (Lipinski definition) is 5. The molecule has 0 aliphatic heterocycles. The lowest BCUT2D eigenvalue weighted by Gasteiger charge is -2.04. The molecule has 5 nitrogen and oxygen atoms in total. The summed E-state index contributed by atoms with van der Waals surface area (Å²) in [6, 6.07) is 12.1. The third kappa shape index (κ3) is 3.17. The molecule has 7 heteroatoms. The van der Waals surface area contributed by atoms with Gasteiger partial charge < -0.3 is 0 Å². The fourth-order valence-corrected chi connectivity index (χ4v) is 4.47. The number of nitrogens with zero attached hydrogens (tertiary/aromatic N) is 1. The first kappa shape index (κ1) is 14.5. The van der Waals surface area contributed by atoms with Gasteiger partial charge in [-0.3, -0.25) is 10.1 Å². The summed E-state index contributed by atoms with van der Waals surface area (Å²) in [7, 11) is -3.18. The van der Waals surface area contributed by atoms with E-state index in [4.69, 9.17) is 0 Å². The molecule has 2 aromatic rings. The summed E-state index contributed by atoms with van der Waals surface area (Å²) < 4.78 is 24.5. The van der Waals surface area contributed by atoms with Crippen molar-refractivity contribution in [2.75, 3.05) is 0 Å². The monoisotopic (exact) mass is 309 g/mol. The third-order valence-corrected chi connectivity index (χ3v) is 5.94. The molecule has 0 aliphatic carbocycles. The van der Waals surface area contributed by atoms with E-state index < -0.39 is 13.8 Å². The maximum absolute atomic E-state index is 12.2. The second kappa shape index (κ2) is 5.64. The Morgan fingerprint density at radius 3 is 2.25 bits per heavy atom. The predicted molar refractivity (Wildman–Crippen MR) is 77.3 cm³/mol. The van der Waals surface area contributed by atoms with Gasteiger partial charge in [0.1, 0.15) is 4.90 Å². The lowest BCUT2D eigenvalue weighted by atomic mass is 10.2. The lowest BCUT2D eigenvalue weighted by molar-refractivity contribution is -0.387. The topological polar surface area (TPSA) is 77.3 Å². The molecule has 0 aliphatic rings. The molecule has 0 aromatic heterocycles. The van der Waals surface area contributed by atoms with Crippen LogP contribution in [0.2, 0.25) is 0 Å². The van der Waals surface area contributed by atoms with Crippen LogP contribution in [0.5, 0.6) is 0 Å². The van der Waals surface area contributed by atoms with Crippen LogP contribution in [0.15, 0.2) is 58.3 Å². The number of hydrogen-bond donors (Lipinski definition) is 0. The van der Waals surface area contributed by atoms with E-state index in [1.165, 1.54) is 30.3 Å². The Kier molecular flexibility index (Phi) is 4.10. The number of para-hydroxylation sites is 1. The van der Waals surface area contributed by atoms with Crippen molar-refractivity contribution in [2.24, 2.45) is 0 Å². The highest BCUT2D eigenvalue weighted by molar-refractivity contribution is 8.72. The van der Waals surface area contributed by atoms with Crippen LogP contribution in [0, 0.1) is 17.0 Å². The largest absolute Gasteiger partial charge is 0.283 e. The quantitative estimate of drug-likeness (QED) is 0.491. The summed E-state index contributed by atoms with van der Waals surface area (Å²) in [5.41, 5.74) is 0.729. The van der Waals surface area contributed by atoms with Crippen LogP contribution in [-0.4, -0.2) is 13.3 Å². The van der Waals surface area contributed by atoms with Gasteiger partial charge in [-0.05, 0) is 25.1 Å². The molecule has 0 spiro atoms. The van der Waals surface area contributed by atoms with Crippen LogP contribution in [0.4, 0.5) is 5.69 Å². The Bertz CT molecular complexity index is 739. The van der Waals surface area contributed by atoms with E-state index in [0.717, 1.165) is 5.56 Å². The van der Waals surface area contributed by atoms with Crippen molar-refractivity contribution in [1.82, 2.24) is 0 Å². The van der Waals surface area contributed by atoms with Crippen LogP contribution in [-0.2, 0) is 8.87 Å². The van der Waals surface area contributed by atoms with Crippen molar-refractivity contribution < 1.29 is 13.3 Å². The van der Waals surface area contributed by atoms with Crippen molar-refractivity contribution in [2.45, 2.75) is 16.7 Å². The zero-order valence-corrected chi connectivity index (χ0v) is 12.1. The first-order valence-electron chi connectivity index (χ1n) is 5.65. The minimum atomic E-state index is -3.67. The summed E-state index contributed by atoms with van der Waals surface area (Å²) in [4.78, 5) is 10.5. The smallest absolute Gasteiger partial charge is 0.258 e. The number of nitro benzene ring substituents is 1. The Balaban J connectivity index is 2.38. The molecule has 2 rings (SSSR count). The summed E-state index contributed by atoms with van der Waals surface area (Å²) in [6.07, 6.45) is 0. The van der Waals surface area contributed by atoms with Gasteiger partial charge in [0, 0.05) is 16.9 Å². The molecule has 0 unspecified atom stereocenters. The van der Waals surface area contributed by atoms with Gasteiger partial charge in [-0.15, -0.1) is 0 Å². The Morgan fingerprint density at radius 1 is 1.05 bits per heavy atom. The van der Waals surface area contributed by atoms with E-state index in [1.807, 2.05) is 6.92 Å². The molecule has 0 amide bonds. The van der Waals surface area contributed by atoms with Crippen LogP contribution < -0.4 is 0 Å². The molecule has 0 saturated carbocycles. The van der Waals surface area contributed by atoms with E-state index in [9.17, 15) is 18.5 Å². The van der Waals surface area contributed by atoms with E-state index in [-0.39, 0.29) is 15.5 Å². The van der Waals surface area contributed by atoms with Crippen LogP contribution in [0.1, 0.15) is 5.56 Å². The molecule has 20 heavy (non-hydrogen) atoms. The fraction of sp³-hybridized carbons (Fsp3) is 0.0769. The van der Waals surface area contributed by atoms with Crippen molar-refractivity contribution in [3.05, 3.63) is 64.2 Å². The molecule has 0 heterocycles. The minimum absolute atomic E-state index is 0.109. The Morgan fingerprint density at radius 2 is 1.65 bits per heavy atom. The summed E-state index contributed by atoms with van der Waals surface area (Å²) in [5, 5.41) is 10.9. The minimum Gasteiger partial charge on any atom is -0.258 e. The zero-order chi connectivity index (χ0) is 14.8. The molecular formula is C13H11NO4S2.